The highest BCUT2D eigenvalue weighted by Crippen LogP contribution is 2.24. The summed E-state index contributed by atoms with van der Waals surface area (Å²) in [5.41, 5.74) is 3.25. The van der Waals surface area contributed by atoms with Crippen LogP contribution in [-0.2, 0) is 13.0 Å². The molecular weight excluding hydrogens is 264 g/mol. The average Bonchev–Trinajstić information content (AvgIpc) is 2.52. The van der Waals surface area contributed by atoms with Crippen molar-refractivity contribution in [1.29, 1.82) is 0 Å². The number of carbonyl (C=O) groups is 1. The summed E-state index contributed by atoms with van der Waals surface area (Å²) in [5.74, 6) is 0.452. The van der Waals surface area contributed by atoms with Crippen LogP contribution in [0.2, 0.25) is 0 Å². The number of hydrogen-bond donors (Lipinski definition) is 3. The molecule has 114 valence electrons. The van der Waals surface area contributed by atoms with Gasteiger partial charge in [0.2, 0.25) is 0 Å². The van der Waals surface area contributed by atoms with Crippen molar-refractivity contribution >= 4 is 5.91 Å². The summed E-state index contributed by atoms with van der Waals surface area (Å²) in [6.07, 6.45) is 4.63. The van der Waals surface area contributed by atoms with Crippen LogP contribution in [0, 0.1) is 5.92 Å². The molecule has 3 N–H and O–H groups in total. The van der Waals surface area contributed by atoms with E-state index in [9.17, 15) is 9.90 Å². The summed E-state index contributed by atoms with van der Waals surface area (Å²) in [5, 5.41) is 16.1. The van der Waals surface area contributed by atoms with Crippen molar-refractivity contribution in [2.24, 2.45) is 5.92 Å². The van der Waals surface area contributed by atoms with E-state index >= 15 is 0 Å². The van der Waals surface area contributed by atoms with Gasteiger partial charge in [-0.2, -0.15) is 0 Å². The number of amides is 1. The summed E-state index contributed by atoms with van der Waals surface area (Å²) in [6, 6.07) is 5.98. The summed E-state index contributed by atoms with van der Waals surface area (Å²) in [7, 11) is 0. The summed E-state index contributed by atoms with van der Waals surface area (Å²) in [4.78, 5) is 12.4. The molecule has 0 radical (unpaired) electrons. The van der Waals surface area contributed by atoms with Crippen molar-refractivity contribution < 1.29 is 9.90 Å². The van der Waals surface area contributed by atoms with Gasteiger partial charge in [-0.25, -0.2) is 0 Å². The summed E-state index contributed by atoms with van der Waals surface area (Å²) in [6.45, 7) is 2.47. The molecule has 1 aliphatic carbocycles. The fourth-order valence-corrected chi connectivity index (χ4v) is 3.52. The van der Waals surface area contributed by atoms with Crippen LogP contribution in [0.25, 0.3) is 0 Å². The maximum atomic E-state index is 12.4. The second-order valence-corrected chi connectivity index (χ2v) is 6.27. The van der Waals surface area contributed by atoms with Gasteiger partial charge in [0.15, 0.2) is 0 Å². The number of hydrogen-bond acceptors (Lipinski definition) is 3. The van der Waals surface area contributed by atoms with Crippen LogP contribution < -0.4 is 10.6 Å². The molecule has 1 saturated carbocycles. The molecule has 2 unspecified atom stereocenters. The van der Waals surface area contributed by atoms with Crippen molar-refractivity contribution in [1.82, 2.24) is 10.6 Å². The van der Waals surface area contributed by atoms with Crippen LogP contribution in [0.3, 0.4) is 0 Å². The van der Waals surface area contributed by atoms with Crippen molar-refractivity contribution in [3.05, 3.63) is 34.9 Å². The second kappa shape index (κ2) is 6.58. The highest BCUT2D eigenvalue weighted by molar-refractivity contribution is 5.96. The van der Waals surface area contributed by atoms with E-state index in [1.165, 1.54) is 11.1 Å². The van der Waals surface area contributed by atoms with E-state index in [-0.39, 0.29) is 12.0 Å². The lowest BCUT2D eigenvalue weighted by Crippen LogP contribution is -2.34. The lowest BCUT2D eigenvalue weighted by Gasteiger charge is -2.26. The van der Waals surface area contributed by atoms with Gasteiger partial charge in [0.05, 0.1) is 6.10 Å². The Morgan fingerprint density at radius 3 is 3.14 bits per heavy atom. The Balaban J connectivity index is 1.63. The molecule has 0 saturated heterocycles. The topological polar surface area (TPSA) is 61.4 Å². The minimum Gasteiger partial charge on any atom is -0.393 e. The first-order valence-electron chi connectivity index (χ1n) is 8.02. The van der Waals surface area contributed by atoms with E-state index < -0.39 is 0 Å². The minimum absolute atomic E-state index is 0.0359. The van der Waals surface area contributed by atoms with E-state index in [0.717, 1.165) is 50.8 Å². The highest BCUT2D eigenvalue weighted by atomic mass is 16.3. The lowest BCUT2D eigenvalue weighted by atomic mass is 9.87. The molecule has 0 spiro atoms. The van der Waals surface area contributed by atoms with E-state index in [1.54, 1.807) is 0 Å². The number of rotatable bonds is 3. The van der Waals surface area contributed by atoms with Gasteiger partial charge in [0, 0.05) is 18.7 Å². The molecule has 2 aliphatic rings. The minimum atomic E-state index is -0.184. The third kappa shape index (κ3) is 3.44. The fourth-order valence-electron chi connectivity index (χ4n) is 3.52. The number of aliphatic hydroxyl groups is 1. The predicted octanol–water partition coefficient (Wildman–Crippen LogP) is 1.61. The quantitative estimate of drug-likeness (QED) is 0.792. The van der Waals surface area contributed by atoms with Gasteiger partial charge >= 0.3 is 0 Å². The molecule has 0 bridgehead atoms. The Morgan fingerprint density at radius 2 is 2.29 bits per heavy atom. The molecule has 3 rings (SSSR count). The molecule has 4 nitrogen and oxygen atoms in total. The SMILES string of the molecule is O=C(NCC1CCCC(O)C1)c1cccc2c1CCNC2. The molecule has 1 amide bonds. The van der Waals surface area contributed by atoms with Crippen molar-refractivity contribution in [2.75, 3.05) is 13.1 Å². The van der Waals surface area contributed by atoms with E-state index in [2.05, 4.69) is 16.7 Å². The Labute approximate surface area is 125 Å². The van der Waals surface area contributed by atoms with Crippen LogP contribution in [0.5, 0.6) is 0 Å². The second-order valence-electron chi connectivity index (χ2n) is 6.27. The maximum Gasteiger partial charge on any atom is 0.251 e. The maximum absolute atomic E-state index is 12.4. The van der Waals surface area contributed by atoms with Gasteiger partial charge in [0.1, 0.15) is 0 Å². The van der Waals surface area contributed by atoms with Crippen molar-refractivity contribution in [3.63, 3.8) is 0 Å². The molecule has 0 aromatic heterocycles. The van der Waals surface area contributed by atoms with Crippen LogP contribution in [-0.4, -0.2) is 30.2 Å². The van der Waals surface area contributed by atoms with Gasteiger partial charge < -0.3 is 15.7 Å². The molecule has 1 aromatic carbocycles. The third-order valence-electron chi connectivity index (χ3n) is 4.69. The monoisotopic (exact) mass is 288 g/mol. The lowest BCUT2D eigenvalue weighted by molar-refractivity contribution is 0.0873. The molecule has 1 fully saturated rings. The van der Waals surface area contributed by atoms with Gasteiger partial charge in [-0.3, -0.25) is 4.79 Å². The Bertz CT molecular complexity index is 516. The van der Waals surface area contributed by atoms with Gasteiger partial charge in [-0.05, 0) is 55.3 Å². The summed E-state index contributed by atoms with van der Waals surface area (Å²) < 4.78 is 0. The Morgan fingerprint density at radius 1 is 1.38 bits per heavy atom. The highest BCUT2D eigenvalue weighted by Gasteiger charge is 2.22. The number of fused-ring (bicyclic) bond motifs is 1. The standard InChI is InChI=1S/C17H24N2O2/c20-14-5-1-3-12(9-14)10-19-17(21)16-6-2-4-13-11-18-8-7-15(13)16/h2,4,6,12,14,18,20H,1,3,5,7-11H2,(H,19,21). The normalized spacial score (nSPS) is 25.2. The van der Waals surface area contributed by atoms with E-state index in [4.69, 9.17) is 0 Å². The third-order valence-corrected chi connectivity index (χ3v) is 4.69. The first-order valence-corrected chi connectivity index (χ1v) is 8.02. The van der Waals surface area contributed by atoms with Gasteiger partial charge in [-0.1, -0.05) is 18.6 Å². The number of benzene rings is 1. The first-order chi connectivity index (χ1) is 10.2. The average molecular weight is 288 g/mol. The smallest absolute Gasteiger partial charge is 0.251 e. The zero-order valence-corrected chi connectivity index (χ0v) is 12.4. The predicted molar refractivity (Wildman–Crippen MR) is 82.2 cm³/mol. The molecule has 1 aliphatic heterocycles. The molecule has 2 atom stereocenters. The van der Waals surface area contributed by atoms with Gasteiger partial charge in [0.25, 0.3) is 5.91 Å². The first kappa shape index (κ1) is 14.5. The zero-order valence-electron chi connectivity index (χ0n) is 12.4. The van der Waals surface area contributed by atoms with Crippen molar-refractivity contribution in [2.45, 2.75) is 44.8 Å². The zero-order chi connectivity index (χ0) is 14.7. The van der Waals surface area contributed by atoms with E-state index in [1.807, 2.05) is 12.1 Å². The van der Waals surface area contributed by atoms with Crippen LogP contribution in [0.1, 0.15) is 47.2 Å². The van der Waals surface area contributed by atoms with Crippen LogP contribution in [0.4, 0.5) is 0 Å². The van der Waals surface area contributed by atoms with Crippen LogP contribution >= 0.6 is 0 Å². The van der Waals surface area contributed by atoms with Crippen LogP contribution in [0.15, 0.2) is 18.2 Å². The summed E-state index contributed by atoms with van der Waals surface area (Å²) >= 11 is 0. The molecule has 1 heterocycles. The van der Waals surface area contributed by atoms with Gasteiger partial charge in [-0.15, -0.1) is 0 Å². The van der Waals surface area contributed by atoms with E-state index in [0.29, 0.717) is 12.5 Å². The molecular formula is C17H24N2O2. The molecule has 1 aromatic rings. The Kier molecular flexibility index (Phi) is 4.56. The van der Waals surface area contributed by atoms with Crippen molar-refractivity contribution in [3.8, 4) is 0 Å². The largest absolute Gasteiger partial charge is 0.393 e. The number of aliphatic hydroxyl groups excluding tert-OH is 1. The number of carbonyl (C=O) groups excluding carboxylic acids is 1. The Hall–Kier alpha value is -1.39. The molecule has 21 heavy (non-hydrogen) atoms. The molecule has 4 heteroatoms. The number of nitrogens with one attached hydrogen (secondary N) is 2. The fraction of sp³-hybridized carbons (Fsp3) is 0.588.